The van der Waals surface area contributed by atoms with Crippen LogP contribution in [0.2, 0.25) is 0 Å². The lowest BCUT2D eigenvalue weighted by atomic mass is 10.1. The fraction of sp³-hybridized carbons (Fsp3) is 0.583. The largest absolute Gasteiger partial charge is 0.386 e. The minimum absolute atomic E-state index is 0.0355. The first kappa shape index (κ1) is 14.9. The van der Waals surface area contributed by atoms with Crippen LogP contribution in [0.3, 0.4) is 0 Å². The van der Waals surface area contributed by atoms with Crippen molar-refractivity contribution in [2.45, 2.75) is 44.2 Å². The Labute approximate surface area is 109 Å². The molecule has 0 aliphatic rings. The molecule has 0 saturated heterocycles. The van der Waals surface area contributed by atoms with Crippen LogP contribution < -0.4 is 10.0 Å². The number of sulfonamides is 1. The van der Waals surface area contributed by atoms with Crippen molar-refractivity contribution in [1.82, 2.24) is 9.71 Å². The molecule has 0 saturated carbocycles. The molecule has 0 aliphatic heterocycles. The average molecular weight is 271 g/mol. The third-order valence-corrected chi connectivity index (χ3v) is 4.22. The van der Waals surface area contributed by atoms with Crippen LogP contribution in [0.5, 0.6) is 0 Å². The van der Waals surface area contributed by atoms with Crippen LogP contribution in [0, 0.1) is 0 Å². The first-order valence-corrected chi connectivity index (χ1v) is 7.68. The second kappa shape index (κ2) is 6.70. The van der Waals surface area contributed by atoms with E-state index in [2.05, 4.69) is 15.0 Å². The minimum atomic E-state index is -3.56. The van der Waals surface area contributed by atoms with Gasteiger partial charge < -0.3 is 5.32 Å². The first-order chi connectivity index (χ1) is 8.55. The molecule has 1 aromatic heterocycles. The van der Waals surface area contributed by atoms with Gasteiger partial charge in [-0.25, -0.2) is 18.1 Å². The number of anilines is 1. The van der Waals surface area contributed by atoms with Crippen LogP contribution >= 0.6 is 0 Å². The lowest BCUT2D eigenvalue weighted by Gasteiger charge is -2.17. The SMILES string of the molecule is CCCC(CC)NS(=O)(=O)c1ncccc1NC. The number of nitrogens with one attached hydrogen (secondary N) is 2. The van der Waals surface area contributed by atoms with E-state index in [0.717, 1.165) is 19.3 Å². The van der Waals surface area contributed by atoms with Gasteiger partial charge in [-0.3, -0.25) is 0 Å². The van der Waals surface area contributed by atoms with Crippen LogP contribution in [0.4, 0.5) is 5.69 Å². The lowest BCUT2D eigenvalue weighted by Crippen LogP contribution is -2.35. The summed E-state index contributed by atoms with van der Waals surface area (Å²) in [6.07, 6.45) is 4.03. The molecule has 0 radical (unpaired) electrons. The minimum Gasteiger partial charge on any atom is -0.386 e. The number of nitrogens with zero attached hydrogens (tertiary/aromatic N) is 1. The molecule has 2 N–H and O–H groups in total. The summed E-state index contributed by atoms with van der Waals surface area (Å²) in [5.74, 6) is 0. The molecule has 5 nitrogen and oxygen atoms in total. The summed E-state index contributed by atoms with van der Waals surface area (Å²) in [6.45, 7) is 4.01. The molecule has 102 valence electrons. The van der Waals surface area contributed by atoms with E-state index < -0.39 is 10.0 Å². The van der Waals surface area contributed by atoms with E-state index >= 15 is 0 Å². The second-order valence-electron chi connectivity index (χ2n) is 4.12. The standard InChI is InChI=1S/C12H21N3O2S/c1-4-7-10(5-2)15-18(16,17)12-11(13-3)8-6-9-14-12/h6,8-10,13,15H,4-5,7H2,1-3H3. The predicted molar refractivity (Wildman–Crippen MR) is 73.1 cm³/mol. The summed E-state index contributed by atoms with van der Waals surface area (Å²) in [4.78, 5) is 3.96. The van der Waals surface area contributed by atoms with Gasteiger partial charge in [-0.1, -0.05) is 20.3 Å². The van der Waals surface area contributed by atoms with Crippen molar-refractivity contribution in [3.05, 3.63) is 18.3 Å². The fourth-order valence-corrected chi connectivity index (χ4v) is 3.26. The van der Waals surface area contributed by atoms with Gasteiger partial charge in [-0.05, 0) is 25.0 Å². The van der Waals surface area contributed by atoms with Crippen LogP contribution in [-0.4, -0.2) is 26.5 Å². The Morgan fingerprint density at radius 2 is 2.11 bits per heavy atom. The Morgan fingerprint density at radius 3 is 2.67 bits per heavy atom. The molecular formula is C12H21N3O2S. The van der Waals surface area contributed by atoms with Crippen molar-refractivity contribution >= 4 is 15.7 Å². The zero-order valence-corrected chi connectivity index (χ0v) is 11.9. The summed E-state index contributed by atoms with van der Waals surface area (Å²) >= 11 is 0. The molecule has 0 aliphatic carbocycles. The zero-order chi connectivity index (χ0) is 13.6. The summed E-state index contributed by atoms with van der Waals surface area (Å²) in [5.41, 5.74) is 0.511. The molecule has 6 heteroatoms. The number of hydrogen-bond acceptors (Lipinski definition) is 4. The van der Waals surface area contributed by atoms with Gasteiger partial charge in [0.1, 0.15) is 0 Å². The van der Waals surface area contributed by atoms with Crippen LogP contribution in [-0.2, 0) is 10.0 Å². The van der Waals surface area contributed by atoms with Gasteiger partial charge >= 0.3 is 0 Å². The van der Waals surface area contributed by atoms with Gasteiger partial charge in [0, 0.05) is 19.3 Å². The second-order valence-corrected chi connectivity index (χ2v) is 5.75. The number of pyridine rings is 1. The van der Waals surface area contributed by atoms with Crippen LogP contribution in [0.25, 0.3) is 0 Å². The van der Waals surface area contributed by atoms with E-state index in [0.29, 0.717) is 5.69 Å². The molecule has 18 heavy (non-hydrogen) atoms. The van der Waals surface area contributed by atoms with Crippen LogP contribution in [0.15, 0.2) is 23.4 Å². The number of rotatable bonds is 7. The molecule has 0 amide bonds. The summed E-state index contributed by atoms with van der Waals surface area (Å²) in [5, 5.41) is 2.90. The van der Waals surface area contributed by atoms with Crippen molar-refractivity contribution in [3.8, 4) is 0 Å². The molecule has 1 aromatic rings. The van der Waals surface area contributed by atoms with Crippen molar-refractivity contribution in [3.63, 3.8) is 0 Å². The predicted octanol–water partition coefficient (Wildman–Crippen LogP) is 1.98. The molecule has 1 rings (SSSR count). The normalized spacial score (nSPS) is 13.3. The van der Waals surface area contributed by atoms with Gasteiger partial charge in [0.25, 0.3) is 10.0 Å². The average Bonchev–Trinajstić information content (AvgIpc) is 2.38. The molecule has 1 atom stereocenters. The first-order valence-electron chi connectivity index (χ1n) is 6.20. The molecule has 1 unspecified atom stereocenters. The lowest BCUT2D eigenvalue weighted by molar-refractivity contribution is 0.511. The van der Waals surface area contributed by atoms with E-state index in [4.69, 9.17) is 0 Å². The molecular weight excluding hydrogens is 250 g/mol. The Hall–Kier alpha value is -1.14. The molecule has 0 spiro atoms. The smallest absolute Gasteiger partial charge is 0.260 e. The highest BCUT2D eigenvalue weighted by Crippen LogP contribution is 2.18. The maximum atomic E-state index is 12.2. The van der Waals surface area contributed by atoms with E-state index in [1.54, 1.807) is 19.2 Å². The Balaban J connectivity index is 2.98. The maximum Gasteiger partial charge on any atom is 0.260 e. The topological polar surface area (TPSA) is 71.1 Å². The quantitative estimate of drug-likeness (QED) is 0.795. The van der Waals surface area contributed by atoms with Gasteiger partial charge in [0.15, 0.2) is 5.03 Å². The highest BCUT2D eigenvalue weighted by Gasteiger charge is 2.22. The summed E-state index contributed by atoms with van der Waals surface area (Å²) < 4.78 is 27.2. The van der Waals surface area contributed by atoms with Gasteiger partial charge in [0.05, 0.1) is 5.69 Å². The zero-order valence-electron chi connectivity index (χ0n) is 11.1. The Bertz CT molecular complexity index is 474. The summed E-state index contributed by atoms with van der Waals surface area (Å²) in [7, 11) is -1.88. The van der Waals surface area contributed by atoms with E-state index in [1.807, 2.05) is 13.8 Å². The number of aromatic nitrogens is 1. The van der Waals surface area contributed by atoms with Gasteiger partial charge in [-0.15, -0.1) is 0 Å². The van der Waals surface area contributed by atoms with E-state index in [1.165, 1.54) is 6.20 Å². The maximum absolute atomic E-state index is 12.2. The third-order valence-electron chi connectivity index (χ3n) is 2.75. The summed E-state index contributed by atoms with van der Waals surface area (Å²) in [6, 6.07) is 3.36. The van der Waals surface area contributed by atoms with Crippen molar-refractivity contribution < 1.29 is 8.42 Å². The number of hydrogen-bond donors (Lipinski definition) is 2. The third kappa shape index (κ3) is 3.68. The molecule has 1 heterocycles. The Kier molecular flexibility index (Phi) is 5.55. The van der Waals surface area contributed by atoms with E-state index in [-0.39, 0.29) is 11.1 Å². The van der Waals surface area contributed by atoms with Gasteiger partial charge in [-0.2, -0.15) is 0 Å². The molecule has 0 aromatic carbocycles. The van der Waals surface area contributed by atoms with Crippen molar-refractivity contribution in [2.75, 3.05) is 12.4 Å². The Morgan fingerprint density at radius 1 is 1.39 bits per heavy atom. The fourth-order valence-electron chi connectivity index (χ4n) is 1.77. The molecule has 0 bridgehead atoms. The monoisotopic (exact) mass is 271 g/mol. The van der Waals surface area contributed by atoms with Crippen molar-refractivity contribution in [2.24, 2.45) is 0 Å². The highest BCUT2D eigenvalue weighted by molar-refractivity contribution is 7.89. The highest BCUT2D eigenvalue weighted by atomic mass is 32.2. The molecule has 0 fully saturated rings. The van der Waals surface area contributed by atoms with Crippen LogP contribution in [0.1, 0.15) is 33.1 Å². The van der Waals surface area contributed by atoms with E-state index in [9.17, 15) is 8.42 Å². The van der Waals surface area contributed by atoms with Gasteiger partial charge in [0.2, 0.25) is 0 Å². The van der Waals surface area contributed by atoms with Crippen molar-refractivity contribution in [1.29, 1.82) is 0 Å².